The van der Waals surface area contributed by atoms with Crippen LogP contribution in [0.3, 0.4) is 0 Å². The molecule has 0 bridgehead atoms. The molecule has 5 nitrogen and oxygen atoms in total. The van der Waals surface area contributed by atoms with Gasteiger partial charge in [0.15, 0.2) is 0 Å². The van der Waals surface area contributed by atoms with Gasteiger partial charge in [-0.3, -0.25) is 0 Å². The summed E-state index contributed by atoms with van der Waals surface area (Å²) in [5.74, 6) is 3.26. The fourth-order valence-electron chi connectivity index (χ4n) is 2.71. The van der Waals surface area contributed by atoms with Gasteiger partial charge >= 0.3 is 0 Å². The average molecular weight is 278 g/mol. The first kappa shape index (κ1) is 15.0. The Morgan fingerprint density at radius 1 is 1.15 bits per heavy atom. The lowest BCUT2D eigenvalue weighted by Gasteiger charge is -2.16. The molecule has 0 radical (unpaired) electrons. The minimum atomic E-state index is -0.114. The molecular weight excluding hydrogens is 252 g/mol. The number of hydrogen-bond donors (Lipinski definition) is 3. The van der Waals surface area contributed by atoms with Crippen LogP contribution in [0.15, 0.2) is 0 Å². The van der Waals surface area contributed by atoms with Crippen LogP contribution in [0.4, 0.5) is 11.6 Å². The molecular formula is C15H26N4O. The summed E-state index contributed by atoms with van der Waals surface area (Å²) >= 11 is 0. The van der Waals surface area contributed by atoms with Crippen LogP contribution in [-0.2, 0) is 6.42 Å². The maximum absolute atomic E-state index is 9.58. The molecule has 0 aromatic carbocycles. The quantitative estimate of drug-likeness (QED) is 0.745. The van der Waals surface area contributed by atoms with Crippen LogP contribution < -0.4 is 10.6 Å². The van der Waals surface area contributed by atoms with Crippen LogP contribution in [0.2, 0.25) is 0 Å². The lowest BCUT2D eigenvalue weighted by Crippen LogP contribution is -2.16. The molecule has 2 unspecified atom stereocenters. The van der Waals surface area contributed by atoms with E-state index in [1.54, 1.807) is 0 Å². The Kier molecular flexibility index (Phi) is 5.17. The molecule has 0 saturated heterocycles. The highest BCUT2D eigenvalue weighted by Gasteiger charge is 2.22. The van der Waals surface area contributed by atoms with E-state index < -0.39 is 0 Å². The van der Waals surface area contributed by atoms with E-state index >= 15 is 0 Å². The van der Waals surface area contributed by atoms with Crippen molar-refractivity contribution in [1.29, 1.82) is 0 Å². The van der Waals surface area contributed by atoms with Crippen LogP contribution in [0.25, 0.3) is 0 Å². The first-order chi connectivity index (χ1) is 9.63. The van der Waals surface area contributed by atoms with Gasteiger partial charge in [0.2, 0.25) is 0 Å². The molecule has 0 aliphatic heterocycles. The van der Waals surface area contributed by atoms with Crippen molar-refractivity contribution in [2.75, 3.05) is 23.7 Å². The van der Waals surface area contributed by atoms with Crippen LogP contribution >= 0.6 is 0 Å². The largest absolute Gasteiger partial charge is 0.393 e. The fraction of sp³-hybridized carbons (Fsp3) is 0.733. The molecule has 112 valence electrons. The van der Waals surface area contributed by atoms with E-state index in [9.17, 15) is 5.11 Å². The second-order valence-corrected chi connectivity index (χ2v) is 5.56. The summed E-state index contributed by atoms with van der Waals surface area (Å²) < 4.78 is 0. The third-order valence-electron chi connectivity index (χ3n) is 3.92. The number of aryl methyl sites for hydroxylation is 1. The third-order valence-corrected chi connectivity index (χ3v) is 3.92. The summed E-state index contributed by atoms with van der Waals surface area (Å²) in [7, 11) is 0. The molecule has 1 fully saturated rings. The monoisotopic (exact) mass is 278 g/mol. The van der Waals surface area contributed by atoms with Gasteiger partial charge in [-0.2, -0.15) is 0 Å². The second-order valence-electron chi connectivity index (χ2n) is 5.56. The van der Waals surface area contributed by atoms with Crippen molar-refractivity contribution in [2.24, 2.45) is 5.92 Å². The normalized spacial score (nSPS) is 22.0. The van der Waals surface area contributed by atoms with Gasteiger partial charge in [0.25, 0.3) is 0 Å². The van der Waals surface area contributed by atoms with Crippen molar-refractivity contribution in [1.82, 2.24) is 9.97 Å². The molecule has 2 rings (SSSR count). The van der Waals surface area contributed by atoms with Gasteiger partial charge in [0.1, 0.15) is 17.5 Å². The van der Waals surface area contributed by atoms with E-state index in [1.807, 2.05) is 6.92 Å². The smallest absolute Gasteiger partial charge is 0.134 e. The highest BCUT2D eigenvalue weighted by atomic mass is 16.3. The molecule has 1 heterocycles. The second kappa shape index (κ2) is 6.88. The van der Waals surface area contributed by atoms with Crippen molar-refractivity contribution in [2.45, 2.75) is 52.6 Å². The van der Waals surface area contributed by atoms with Gasteiger partial charge < -0.3 is 15.7 Å². The van der Waals surface area contributed by atoms with E-state index in [0.717, 1.165) is 61.8 Å². The zero-order valence-electron chi connectivity index (χ0n) is 12.7. The molecule has 1 saturated carbocycles. The minimum absolute atomic E-state index is 0.114. The lowest BCUT2D eigenvalue weighted by atomic mass is 10.1. The molecule has 5 heteroatoms. The molecule has 3 N–H and O–H groups in total. The van der Waals surface area contributed by atoms with E-state index in [1.165, 1.54) is 0 Å². The maximum atomic E-state index is 9.58. The highest BCUT2D eigenvalue weighted by Crippen LogP contribution is 2.27. The number of hydrogen-bond acceptors (Lipinski definition) is 5. The molecule has 1 aromatic heterocycles. The maximum Gasteiger partial charge on any atom is 0.134 e. The van der Waals surface area contributed by atoms with Gasteiger partial charge in [0.05, 0.1) is 6.10 Å². The zero-order chi connectivity index (χ0) is 14.5. The molecule has 2 atom stereocenters. The third kappa shape index (κ3) is 3.60. The van der Waals surface area contributed by atoms with Crippen molar-refractivity contribution >= 4 is 11.6 Å². The number of aliphatic hydroxyl groups excluding tert-OH is 1. The molecule has 1 aromatic rings. The number of aromatic nitrogens is 2. The summed E-state index contributed by atoms with van der Waals surface area (Å²) in [4.78, 5) is 9.12. The summed E-state index contributed by atoms with van der Waals surface area (Å²) in [5, 5.41) is 16.3. The summed E-state index contributed by atoms with van der Waals surface area (Å²) in [5.41, 5.74) is 1.07. The fourth-order valence-corrected chi connectivity index (χ4v) is 2.71. The summed E-state index contributed by atoms with van der Waals surface area (Å²) in [6.07, 6.45) is 3.64. The first-order valence-corrected chi connectivity index (χ1v) is 7.67. The number of aliphatic hydroxyl groups is 1. The Hall–Kier alpha value is -1.36. The Balaban J connectivity index is 2.07. The minimum Gasteiger partial charge on any atom is -0.393 e. The standard InChI is InChI=1S/C15H26N4O/c1-4-13-18-14(16-5-2)10(3)15(19-13)17-9-11-6-7-12(20)8-11/h11-12,20H,4-9H2,1-3H3,(H2,16,17,18,19). The Morgan fingerprint density at radius 2 is 1.85 bits per heavy atom. The number of nitrogens with one attached hydrogen (secondary N) is 2. The molecule has 0 amide bonds. The van der Waals surface area contributed by atoms with Crippen LogP contribution in [-0.4, -0.2) is 34.3 Å². The topological polar surface area (TPSA) is 70.1 Å². The Labute approximate surface area is 121 Å². The van der Waals surface area contributed by atoms with E-state index in [2.05, 4.69) is 34.4 Å². The molecule has 1 aliphatic carbocycles. The Morgan fingerprint density at radius 3 is 2.40 bits per heavy atom. The number of anilines is 2. The number of rotatable bonds is 6. The van der Waals surface area contributed by atoms with Crippen LogP contribution in [0.1, 0.15) is 44.5 Å². The van der Waals surface area contributed by atoms with Gasteiger partial charge in [-0.15, -0.1) is 0 Å². The van der Waals surface area contributed by atoms with Gasteiger partial charge in [-0.1, -0.05) is 6.92 Å². The predicted octanol–water partition coefficient (Wildman–Crippen LogP) is 2.35. The molecule has 1 aliphatic rings. The van der Waals surface area contributed by atoms with Crippen molar-refractivity contribution in [3.63, 3.8) is 0 Å². The van der Waals surface area contributed by atoms with Gasteiger partial charge in [0, 0.05) is 25.1 Å². The van der Waals surface area contributed by atoms with E-state index in [-0.39, 0.29) is 6.10 Å². The molecule has 0 spiro atoms. The van der Waals surface area contributed by atoms with Gasteiger partial charge in [-0.25, -0.2) is 9.97 Å². The van der Waals surface area contributed by atoms with Gasteiger partial charge in [-0.05, 0) is 39.0 Å². The van der Waals surface area contributed by atoms with Crippen LogP contribution in [0.5, 0.6) is 0 Å². The highest BCUT2D eigenvalue weighted by molar-refractivity contribution is 5.57. The van der Waals surface area contributed by atoms with Crippen molar-refractivity contribution in [3.05, 3.63) is 11.4 Å². The average Bonchev–Trinajstić information content (AvgIpc) is 2.85. The zero-order valence-corrected chi connectivity index (χ0v) is 12.7. The summed E-state index contributed by atoms with van der Waals surface area (Å²) in [6, 6.07) is 0. The van der Waals surface area contributed by atoms with E-state index in [4.69, 9.17) is 0 Å². The first-order valence-electron chi connectivity index (χ1n) is 7.67. The lowest BCUT2D eigenvalue weighted by molar-refractivity contribution is 0.178. The summed E-state index contributed by atoms with van der Waals surface area (Å²) in [6.45, 7) is 7.92. The van der Waals surface area contributed by atoms with E-state index in [0.29, 0.717) is 5.92 Å². The van der Waals surface area contributed by atoms with Crippen molar-refractivity contribution < 1.29 is 5.11 Å². The van der Waals surface area contributed by atoms with Crippen LogP contribution in [0, 0.1) is 12.8 Å². The predicted molar refractivity (Wildman–Crippen MR) is 82.1 cm³/mol. The SMILES string of the molecule is CCNc1nc(CC)nc(NCC2CCC(O)C2)c1C. The Bertz CT molecular complexity index is 450. The van der Waals surface area contributed by atoms with Crippen molar-refractivity contribution in [3.8, 4) is 0 Å². The number of nitrogens with zero attached hydrogens (tertiary/aromatic N) is 2. The molecule has 20 heavy (non-hydrogen) atoms.